The van der Waals surface area contributed by atoms with E-state index < -0.39 is 5.97 Å². The molecule has 1 radical (unpaired) electrons. The monoisotopic (exact) mass is 243 g/mol. The second-order valence-electron chi connectivity index (χ2n) is 4.01. The normalized spacial score (nSPS) is 14.7. The van der Waals surface area contributed by atoms with E-state index in [4.69, 9.17) is 4.74 Å². The van der Waals surface area contributed by atoms with Crippen LogP contribution in [0.5, 0.6) is 0 Å². The van der Waals surface area contributed by atoms with Crippen molar-refractivity contribution < 1.29 is 14.6 Å². The van der Waals surface area contributed by atoms with Crippen LogP contribution in [0.1, 0.15) is 12.0 Å². The predicted octanol–water partition coefficient (Wildman–Crippen LogP) is 2.75. The van der Waals surface area contributed by atoms with Crippen molar-refractivity contribution in [2.75, 3.05) is 6.61 Å². The first-order chi connectivity index (χ1) is 8.77. The number of carbonyl (C=O) groups excluding carboxylic acids is 1. The minimum atomic E-state index is -0.465. The van der Waals surface area contributed by atoms with Gasteiger partial charge < -0.3 is 9.84 Å². The average molecular weight is 243 g/mol. The second-order valence-corrected chi connectivity index (χ2v) is 4.01. The molecule has 2 rings (SSSR count). The van der Waals surface area contributed by atoms with E-state index in [2.05, 4.69) is 0 Å². The summed E-state index contributed by atoms with van der Waals surface area (Å²) in [5, 5.41) is 9.52. The maximum Gasteiger partial charge on any atom is 0.338 e. The van der Waals surface area contributed by atoms with Crippen LogP contribution < -0.4 is 0 Å². The third-order valence-corrected chi connectivity index (χ3v) is 2.70. The standard InChI is InChI=1S/C15H15O3/c16-14-9-5-4-8-13(14)15(17)18-11-10-12-6-2-1-3-7-12/h1-3,5-9,16H,4,10-11H2. The lowest BCUT2D eigenvalue weighted by molar-refractivity contribution is -0.138. The zero-order valence-corrected chi connectivity index (χ0v) is 10.0. The lowest BCUT2D eigenvalue weighted by Crippen LogP contribution is -2.13. The lowest BCUT2D eigenvalue weighted by Gasteiger charge is -2.11. The van der Waals surface area contributed by atoms with Crippen molar-refractivity contribution >= 4 is 5.97 Å². The van der Waals surface area contributed by atoms with Gasteiger partial charge in [-0.05, 0) is 18.1 Å². The quantitative estimate of drug-likeness (QED) is 0.827. The van der Waals surface area contributed by atoms with Crippen molar-refractivity contribution in [1.82, 2.24) is 0 Å². The molecular weight excluding hydrogens is 228 g/mol. The summed E-state index contributed by atoms with van der Waals surface area (Å²) >= 11 is 0. The lowest BCUT2D eigenvalue weighted by atomic mass is 10.0. The Labute approximate surface area is 106 Å². The predicted molar refractivity (Wildman–Crippen MR) is 68.8 cm³/mol. The number of esters is 1. The molecule has 0 amide bonds. The molecule has 0 aromatic heterocycles. The molecule has 0 aliphatic heterocycles. The van der Waals surface area contributed by atoms with E-state index in [9.17, 15) is 9.90 Å². The Morgan fingerprint density at radius 2 is 2.06 bits per heavy atom. The van der Waals surface area contributed by atoms with Gasteiger partial charge in [0.25, 0.3) is 0 Å². The SMILES string of the molecule is O=C(OCCc1ccccc1)C1=C(O)C=CC[CH]1. The Morgan fingerprint density at radius 3 is 2.78 bits per heavy atom. The van der Waals surface area contributed by atoms with Gasteiger partial charge in [-0.25, -0.2) is 4.79 Å². The maximum atomic E-state index is 11.7. The fourth-order valence-electron chi connectivity index (χ4n) is 1.73. The van der Waals surface area contributed by atoms with E-state index in [1.54, 1.807) is 12.5 Å². The number of hydrogen-bond acceptors (Lipinski definition) is 3. The molecule has 3 nitrogen and oxygen atoms in total. The first kappa shape index (κ1) is 12.4. The van der Waals surface area contributed by atoms with Crippen LogP contribution in [0.3, 0.4) is 0 Å². The first-order valence-corrected chi connectivity index (χ1v) is 5.91. The highest BCUT2D eigenvalue weighted by Crippen LogP contribution is 2.17. The largest absolute Gasteiger partial charge is 0.507 e. The zero-order chi connectivity index (χ0) is 12.8. The van der Waals surface area contributed by atoms with Crippen molar-refractivity contribution in [3.63, 3.8) is 0 Å². The molecule has 0 atom stereocenters. The smallest absolute Gasteiger partial charge is 0.338 e. The van der Waals surface area contributed by atoms with E-state index >= 15 is 0 Å². The molecule has 1 aliphatic rings. The molecule has 18 heavy (non-hydrogen) atoms. The van der Waals surface area contributed by atoms with E-state index in [1.807, 2.05) is 30.3 Å². The summed E-state index contributed by atoms with van der Waals surface area (Å²) in [4.78, 5) is 11.7. The molecule has 1 aromatic rings. The highest BCUT2D eigenvalue weighted by Gasteiger charge is 2.17. The number of aliphatic hydroxyl groups is 1. The molecule has 93 valence electrons. The zero-order valence-electron chi connectivity index (χ0n) is 10.0. The number of ether oxygens (including phenoxy) is 1. The van der Waals surface area contributed by atoms with Gasteiger partial charge in [0.15, 0.2) is 0 Å². The van der Waals surface area contributed by atoms with Crippen LogP contribution in [0.25, 0.3) is 0 Å². The number of hydrogen-bond donors (Lipinski definition) is 1. The Kier molecular flexibility index (Phi) is 4.18. The molecule has 1 aromatic carbocycles. The summed E-state index contributed by atoms with van der Waals surface area (Å²) in [6, 6.07) is 9.82. The first-order valence-electron chi connectivity index (χ1n) is 5.91. The van der Waals surface area contributed by atoms with Crippen molar-refractivity contribution in [1.29, 1.82) is 0 Å². The number of aliphatic hydroxyl groups excluding tert-OH is 1. The van der Waals surface area contributed by atoms with Crippen molar-refractivity contribution in [3.05, 3.63) is 65.8 Å². The molecule has 3 heteroatoms. The highest BCUT2D eigenvalue weighted by atomic mass is 16.5. The molecule has 0 saturated carbocycles. The van der Waals surface area contributed by atoms with Crippen LogP contribution in [0.4, 0.5) is 0 Å². The van der Waals surface area contributed by atoms with E-state index in [-0.39, 0.29) is 11.3 Å². The number of rotatable bonds is 4. The molecule has 0 heterocycles. The van der Waals surface area contributed by atoms with Crippen molar-refractivity contribution in [2.24, 2.45) is 0 Å². The maximum absolute atomic E-state index is 11.7. The topological polar surface area (TPSA) is 46.5 Å². The van der Waals surface area contributed by atoms with Crippen LogP contribution in [0, 0.1) is 6.42 Å². The van der Waals surface area contributed by atoms with Gasteiger partial charge in [0, 0.05) is 12.8 Å². The fourth-order valence-corrected chi connectivity index (χ4v) is 1.73. The Balaban J connectivity index is 1.84. The number of allylic oxidation sites excluding steroid dienone is 2. The minimum absolute atomic E-state index is 0.0223. The fraction of sp³-hybridized carbons (Fsp3) is 0.200. The third kappa shape index (κ3) is 3.23. The van der Waals surface area contributed by atoms with Gasteiger partial charge in [-0.1, -0.05) is 36.4 Å². The number of benzene rings is 1. The van der Waals surface area contributed by atoms with Crippen molar-refractivity contribution in [3.8, 4) is 0 Å². The van der Waals surface area contributed by atoms with E-state index in [0.717, 1.165) is 5.56 Å². The molecule has 0 fully saturated rings. The molecule has 0 spiro atoms. The van der Waals surface area contributed by atoms with Crippen LogP contribution in [-0.4, -0.2) is 17.7 Å². The van der Waals surface area contributed by atoms with Gasteiger partial charge in [-0.3, -0.25) is 0 Å². The van der Waals surface area contributed by atoms with Crippen molar-refractivity contribution in [2.45, 2.75) is 12.8 Å². The Morgan fingerprint density at radius 1 is 1.28 bits per heavy atom. The molecular formula is C15H15O3. The summed E-state index contributed by atoms with van der Waals surface area (Å²) in [6.07, 6.45) is 6.30. The van der Waals surface area contributed by atoms with Crippen LogP contribution in [0.15, 0.2) is 53.8 Å². The summed E-state index contributed by atoms with van der Waals surface area (Å²) in [5.41, 5.74) is 1.38. The van der Waals surface area contributed by atoms with Gasteiger partial charge in [0.1, 0.15) is 5.76 Å². The molecule has 0 unspecified atom stereocenters. The van der Waals surface area contributed by atoms with E-state index in [1.165, 1.54) is 6.08 Å². The molecule has 0 bridgehead atoms. The Hall–Kier alpha value is -2.03. The van der Waals surface area contributed by atoms with Gasteiger partial charge in [-0.15, -0.1) is 0 Å². The van der Waals surface area contributed by atoms with Gasteiger partial charge >= 0.3 is 5.97 Å². The van der Waals surface area contributed by atoms with Gasteiger partial charge in [0.05, 0.1) is 12.2 Å². The van der Waals surface area contributed by atoms with Crippen LogP contribution in [-0.2, 0) is 16.0 Å². The molecule has 1 aliphatic carbocycles. The summed E-state index contributed by atoms with van der Waals surface area (Å²) in [7, 11) is 0. The van der Waals surface area contributed by atoms with Gasteiger partial charge in [0.2, 0.25) is 0 Å². The highest BCUT2D eigenvalue weighted by molar-refractivity contribution is 5.92. The average Bonchev–Trinajstić information content (AvgIpc) is 2.40. The summed E-state index contributed by atoms with van der Waals surface area (Å²) in [5.74, 6) is -0.487. The van der Waals surface area contributed by atoms with Gasteiger partial charge in [-0.2, -0.15) is 0 Å². The third-order valence-electron chi connectivity index (χ3n) is 2.70. The summed E-state index contributed by atoms with van der Waals surface area (Å²) < 4.78 is 5.13. The van der Waals surface area contributed by atoms with E-state index in [0.29, 0.717) is 19.4 Å². The molecule has 0 saturated heterocycles. The molecule has 1 N–H and O–H groups in total. The van der Waals surface area contributed by atoms with Crippen LogP contribution >= 0.6 is 0 Å². The number of carbonyl (C=O) groups is 1. The van der Waals surface area contributed by atoms with Crippen LogP contribution in [0.2, 0.25) is 0 Å². The summed E-state index contributed by atoms with van der Waals surface area (Å²) in [6.45, 7) is 0.317. The minimum Gasteiger partial charge on any atom is -0.507 e. The second kappa shape index (κ2) is 6.05. The Bertz CT molecular complexity index is 472.